The average molecular weight is 123 g/mol. The minimum Gasteiger partial charge on any atom is -0.326 e. The smallest absolute Gasteiger partial charge is 0.0603 e. The van der Waals surface area contributed by atoms with Gasteiger partial charge in [0.05, 0.1) is 11.9 Å². The van der Waals surface area contributed by atoms with Gasteiger partial charge in [0.15, 0.2) is 0 Å². The molecule has 2 N–H and O–H groups in total. The number of aromatic nitrogens is 2. The highest BCUT2D eigenvalue weighted by molar-refractivity contribution is 5.10. The summed E-state index contributed by atoms with van der Waals surface area (Å²) in [5, 5.41) is 7.51. The zero-order valence-corrected chi connectivity index (χ0v) is 5.33. The first-order valence-corrected chi connectivity index (χ1v) is 2.81. The lowest BCUT2D eigenvalue weighted by atomic mass is 10.3. The molecule has 1 aromatic rings. The fourth-order valence-electron chi connectivity index (χ4n) is 0.640. The molecule has 0 amide bonds. The Morgan fingerprint density at radius 3 is 2.89 bits per heavy atom. The van der Waals surface area contributed by atoms with Gasteiger partial charge in [-0.15, -0.1) is 0 Å². The van der Waals surface area contributed by atoms with Crippen LogP contribution in [-0.2, 0) is 6.54 Å². The van der Waals surface area contributed by atoms with Gasteiger partial charge < -0.3 is 5.73 Å². The molecule has 0 aromatic carbocycles. The number of aryl methyl sites for hydroxylation is 1. The molecule has 1 heterocycles. The number of nitrogens with zero attached hydrogens (tertiary/aromatic N) is 2. The van der Waals surface area contributed by atoms with Crippen LogP contribution in [0.1, 0.15) is 11.3 Å². The summed E-state index contributed by atoms with van der Waals surface area (Å²) in [4.78, 5) is 0. The van der Waals surface area contributed by atoms with Crippen LogP contribution in [0.2, 0.25) is 0 Å². The molecule has 0 bridgehead atoms. The lowest BCUT2D eigenvalue weighted by molar-refractivity contribution is 0.932. The van der Waals surface area contributed by atoms with E-state index in [0.717, 1.165) is 11.3 Å². The van der Waals surface area contributed by atoms with Crippen molar-refractivity contribution in [3.63, 3.8) is 0 Å². The van der Waals surface area contributed by atoms with Crippen molar-refractivity contribution in [2.75, 3.05) is 0 Å². The van der Waals surface area contributed by atoms with Gasteiger partial charge >= 0.3 is 0 Å². The van der Waals surface area contributed by atoms with E-state index in [1.165, 1.54) is 0 Å². The molecule has 0 aliphatic rings. The summed E-state index contributed by atoms with van der Waals surface area (Å²) in [5.41, 5.74) is 7.30. The first-order valence-electron chi connectivity index (χ1n) is 2.81. The summed E-state index contributed by atoms with van der Waals surface area (Å²) in [6.45, 7) is 2.43. The second kappa shape index (κ2) is 2.55. The Morgan fingerprint density at radius 1 is 1.67 bits per heavy atom. The Kier molecular flexibility index (Phi) is 1.75. The van der Waals surface area contributed by atoms with Crippen molar-refractivity contribution in [3.05, 3.63) is 23.5 Å². The van der Waals surface area contributed by atoms with Crippen molar-refractivity contribution in [2.45, 2.75) is 13.5 Å². The maximum Gasteiger partial charge on any atom is 0.0603 e. The van der Waals surface area contributed by atoms with Crippen LogP contribution >= 0.6 is 0 Å². The van der Waals surface area contributed by atoms with Crippen LogP contribution in [0.15, 0.2) is 12.3 Å². The predicted molar refractivity (Wildman–Crippen MR) is 34.7 cm³/mol. The van der Waals surface area contributed by atoms with Gasteiger partial charge in [-0.25, -0.2) is 0 Å². The molecular formula is C6H9N3. The molecule has 48 valence electrons. The van der Waals surface area contributed by atoms with E-state index in [1.54, 1.807) is 6.20 Å². The number of hydrogen-bond donors (Lipinski definition) is 1. The molecule has 0 radical (unpaired) electrons. The lowest BCUT2D eigenvalue weighted by Crippen LogP contribution is -1.98. The maximum absolute atomic E-state index is 5.35. The van der Waals surface area contributed by atoms with Crippen LogP contribution in [0.3, 0.4) is 0 Å². The van der Waals surface area contributed by atoms with E-state index in [2.05, 4.69) is 10.2 Å². The highest BCUT2D eigenvalue weighted by Crippen LogP contribution is 1.94. The van der Waals surface area contributed by atoms with Crippen LogP contribution in [0.4, 0.5) is 0 Å². The summed E-state index contributed by atoms with van der Waals surface area (Å²) in [5.74, 6) is 0. The quantitative estimate of drug-likeness (QED) is 0.582. The Morgan fingerprint density at radius 2 is 2.44 bits per heavy atom. The first-order chi connectivity index (χ1) is 4.33. The molecule has 1 rings (SSSR count). The molecule has 0 atom stereocenters. The largest absolute Gasteiger partial charge is 0.326 e. The second-order valence-corrected chi connectivity index (χ2v) is 1.91. The third-order valence-electron chi connectivity index (χ3n) is 1.07. The third kappa shape index (κ3) is 1.47. The highest BCUT2D eigenvalue weighted by atomic mass is 15.1. The van der Waals surface area contributed by atoms with Gasteiger partial charge in [0.25, 0.3) is 0 Å². The minimum atomic E-state index is 0.538. The molecule has 9 heavy (non-hydrogen) atoms. The van der Waals surface area contributed by atoms with Gasteiger partial charge in [-0.1, -0.05) is 0 Å². The predicted octanol–water partition coefficient (Wildman–Crippen LogP) is 0.244. The normalized spacial score (nSPS) is 9.56. The van der Waals surface area contributed by atoms with E-state index in [0.29, 0.717) is 6.54 Å². The summed E-state index contributed by atoms with van der Waals surface area (Å²) < 4.78 is 0. The molecule has 0 unspecified atom stereocenters. The molecule has 0 saturated heterocycles. The molecule has 1 aromatic heterocycles. The van der Waals surface area contributed by atoms with Crippen LogP contribution in [0, 0.1) is 6.92 Å². The Bertz CT molecular complexity index is 197. The number of hydrogen-bond acceptors (Lipinski definition) is 3. The third-order valence-corrected chi connectivity index (χ3v) is 1.07. The zero-order valence-electron chi connectivity index (χ0n) is 5.33. The van der Waals surface area contributed by atoms with Crippen molar-refractivity contribution >= 4 is 0 Å². The summed E-state index contributed by atoms with van der Waals surface area (Å²) in [6, 6.07) is 1.92. The van der Waals surface area contributed by atoms with E-state index >= 15 is 0 Å². The van der Waals surface area contributed by atoms with Gasteiger partial charge in [-0.2, -0.15) is 10.2 Å². The molecule has 0 aliphatic carbocycles. The topological polar surface area (TPSA) is 51.8 Å². The number of rotatable bonds is 1. The molecule has 3 heteroatoms. The SMILES string of the molecule is Cc1cc(CN)cnn1. The maximum atomic E-state index is 5.35. The molecule has 3 nitrogen and oxygen atoms in total. The average Bonchev–Trinajstić information content (AvgIpc) is 1.88. The van der Waals surface area contributed by atoms with E-state index < -0.39 is 0 Å². The number of nitrogens with two attached hydrogens (primary N) is 1. The molecule has 0 spiro atoms. The Hall–Kier alpha value is -0.960. The Labute approximate surface area is 53.9 Å². The van der Waals surface area contributed by atoms with Gasteiger partial charge in [-0.3, -0.25) is 0 Å². The molecule has 0 aliphatic heterocycles. The molecule has 0 fully saturated rings. The van der Waals surface area contributed by atoms with Gasteiger partial charge in [-0.05, 0) is 18.6 Å². The van der Waals surface area contributed by atoms with E-state index in [1.807, 2.05) is 13.0 Å². The van der Waals surface area contributed by atoms with E-state index in [-0.39, 0.29) is 0 Å². The fraction of sp³-hybridized carbons (Fsp3) is 0.333. The van der Waals surface area contributed by atoms with Crippen molar-refractivity contribution in [3.8, 4) is 0 Å². The lowest BCUT2D eigenvalue weighted by Gasteiger charge is -1.93. The van der Waals surface area contributed by atoms with Gasteiger partial charge in [0, 0.05) is 6.54 Å². The van der Waals surface area contributed by atoms with Crippen molar-refractivity contribution < 1.29 is 0 Å². The highest BCUT2D eigenvalue weighted by Gasteiger charge is 1.88. The van der Waals surface area contributed by atoms with Crippen LogP contribution in [0.25, 0.3) is 0 Å². The molecule has 0 saturated carbocycles. The summed E-state index contributed by atoms with van der Waals surface area (Å²) in [6.07, 6.45) is 1.67. The first kappa shape index (κ1) is 6.16. The van der Waals surface area contributed by atoms with Gasteiger partial charge in [0.1, 0.15) is 0 Å². The van der Waals surface area contributed by atoms with Crippen LogP contribution in [-0.4, -0.2) is 10.2 Å². The summed E-state index contributed by atoms with van der Waals surface area (Å²) in [7, 11) is 0. The fourth-order valence-corrected chi connectivity index (χ4v) is 0.640. The van der Waals surface area contributed by atoms with Crippen LogP contribution in [0.5, 0.6) is 0 Å². The van der Waals surface area contributed by atoms with Crippen molar-refractivity contribution in [1.82, 2.24) is 10.2 Å². The standard InChI is InChI=1S/C6H9N3/c1-5-2-6(3-7)4-8-9-5/h2,4H,3,7H2,1H3. The van der Waals surface area contributed by atoms with E-state index in [4.69, 9.17) is 5.73 Å². The second-order valence-electron chi connectivity index (χ2n) is 1.91. The van der Waals surface area contributed by atoms with Gasteiger partial charge in [0.2, 0.25) is 0 Å². The van der Waals surface area contributed by atoms with Crippen molar-refractivity contribution in [2.24, 2.45) is 5.73 Å². The summed E-state index contributed by atoms with van der Waals surface area (Å²) >= 11 is 0. The Balaban J connectivity index is 2.94. The van der Waals surface area contributed by atoms with Crippen LogP contribution < -0.4 is 5.73 Å². The van der Waals surface area contributed by atoms with E-state index in [9.17, 15) is 0 Å². The van der Waals surface area contributed by atoms with Crippen molar-refractivity contribution in [1.29, 1.82) is 0 Å². The monoisotopic (exact) mass is 123 g/mol. The molecular weight excluding hydrogens is 114 g/mol. The minimum absolute atomic E-state index is 0.538. The zero-order chi connectivity index (χ0) is 6.69.